The first kappa shape index (κ1) is 17.0. The maximum atomic E-state index is 5.70. The molecule has 0 fully saturated rings. The lowest BCUT2D eigenvalue weighted by Crippen LogP contribution is -2.38. The number of hydrogen-bond donors (Lipinski definition) is 1. The van der Waals surface area contributed by atoms with Crippen LogP contribution in [0.15, 0.2) is 4.99 Å². The van der Waals surface area contributed by atoms with Crippen LogP contribution in [0.3, 0.4) is 0 Å². The molecule has 0 aliphatic heterocycles. The summed E-state index contributed by atoms with van der Waals surface area (Å²) in [5.74, 6) is 0. The molecule has 15 heavy (non-hydrogen) atoms. The van der Waals surface area contributed by atoms with E-state index >= 15 is 0 Å². The molecule has 0 radical (unpaired) electrons. The smallest absolute Gasteiger partial charge is 0.285 e. The quantitative estimate of drug-likeness (QED) is 0.591. The lowest BCUT2D eigenvalue weighted by molar-refractivity contribution is 0.106. The number of hydrogen-bond acceptors (Lipinski definition) is 2. The van der Waals surface area contributed by atoms with Crippen LogP contribution in [0.1, 0.15) is 48.5 Å². The number of nitrogens with one attached hydrogen (secondary N) is 1. The van der Waals surface area contributed by atoms with Gasteiger partial charge in [-0.05, 0) is 48.5 Å². The van der Waals surface area contributed by atoms with Crippen molar-refractivity contribution in [3.05, 3.63) is 0 Å². The Morgan fingerprint density at radius 1 is 1.13 bits per heavy atom. The Kier molecular flexibility index (Phi) is 7.85. The SMILES string of the molecule is CC(C)N=C(NC(C)C)OC(C)(C)C.Cl. The standard InChI is InChI=1S/C11H24N2O.ClH/c1-8(2)12-10(13-9(3)4)14-11(5,6)7;/h8-9H,1-7H3,(H,12,13);1H. The Morgan fingerprint density at radius 3 is 1.87 bits per heavy atom. The summed E-state index contributed by atoms with van der Waals surface area (Å²) in [6, 6.07) is 1.23. The summed E-state index contributed by atoms with van der Waals surface area (Å²) in [5, 5.41) is 3.20. The Bertz CT molecular complexity index is 195. The highest BCUT2D eigenvalue weighted by Gasteiger charge is 2.15. The predicted molar refractivity (Wildman–Crippen MR) is 68.9 cm³/mol. The van der Waals surface area contributed by atoms with Gasteiger partial charge >= 0.3 is 0 Å². The first-order valence-electron chi connectivity index (χ1n) is 5.24. The molecule has 0 aromatic rings. The maximum absolute atomic E-state index is 5.70. The summed E-state index contributed by atoms with van der Waals surface area (Å²) in [6.45, 7) is 14.3. The molecule has 0 aliphatic carbocycles. The van der Waals surface area contributed by atoms with Gasteiger partial charge in [-0.2, -0.15) is 0 Å². The maximum Gasteiger partial charge on any atom is 0.285 e. The molecule has 4 heteroatoms. The van der Waals surface area contributed by atoms with Crippen LogP contribution >= 0.6 is 12.4 Å². The summed E-state index contributed by atoms with van der Waals surface area (Å²) < 4.78 is 5.70. The molecule has 0 heterocycles. The van der Waals surface area contributed by atoms with Crippen LogP contribution in [0.4, 0.5) is 0 Å². The van der Waals surface area contributed by atoms with E-state index in [9.17, 15) is 0 Å². The molecule has 0 saturated carbocycles. The van der Waals surface area contributed by atoms with Gasteiger partial charge in [0.05, 0.1) is 0 Å². The average molecular weight is 237 g/mol. The minimum atomic E-state index is -0.199. The monoisotopic (exact) mass is 236 g/mol. The largest absolute Gasteiger partial charge is 0.460 e. The Labute approximate surface area is 100 Å². The Morgan fingerprint density at radius 2 is 1.60 bits per heavy atom. The zero-order valence-corrected chi connectivity index (χ0v) is 11.7. The van der Waals surface area contributed by atoms with Gasteiger partial charge in [-0.1, -0.05) is 0 Å². The molecular formula is C11H25ClN2O. The highest BCUT2D eigenvalue weighted by Crippen LogP contribution is 2.07. The number of amidine groups is 1. The van der Waals surface area contributed by atoms with Gasteiger partial charge in [-0.25, -0.2) is 4.99 Å². The molecule has 3 nitrogen and oxygen atoms in total. The predicted octanol–water partition coefficient (Wildman–Crippen LogP) is 2.99. The van der Waals surface area contributed by atoms with Crippen LogP contribution in [0.2, 0.25) is 0 Å². The molecule has 0 spiro atoms. The van der Waals surface area contributed by atoms with Gasteiger partial charge in [-0.3, -0.25) is 0 Å². The highest BCUT2D eigenvalue weighted by atomic mass is 35.5. The van der Waals surface area contributed by atoms with Crippen LogP contribution in [-0.4, -0.2) is 23.7 Å². The zero-order valence-electron chi connectivity index (χ0n) is 10.9. The zero-order chi connectivity index (χ0) is 11.4. The minimum absolute atomic E-state index is 0. The van der Waals surface area contributed by atoms with E-state index in [0.717, 1.165) is 0 Å². The molecule has 0 atom stereocenters. The topological polar surface area (TPSA) is 33.6 Å². The molecule has 1 N–H and O–H groups in total. The fraction of sp³-hybridized carbons (Fsp3) is 0.909. The molecular weight excluding hydrogens is 212 g/mol. The Balaban J connectivity index is 0. The number of nitrogens with zero attached hydrogens (tertiary/aromatic N) is 1. The summed E-state index contributed by atoms with van der Waals surface area (Å²) in [6.07, 6.45) is 0. The molecule has 0 aromatic heterocycles. The summed E-state index contributed by atoms with van der Waals surface area (Å²) in [5.41, 5.74) is -0.199. The van der Waals surface area contributed by atoms with Gasteiger partial charge in [0.2, 0.25) is 0 Å². The minimum Gasteiger partial charge on any atom is -0.460 e. The molecule has 0 amide bonds. The van der Waals surface area contributed by atoms with E-state index in [0.29, 0.717) is 12.1 Å². The molecule has 92 valence electrons. The molecule has 0 bridgehead atoms. The normalized spacial score (nSPS) is 12.7. The summed E-state index contributed by atoms with van der Waals surface area (Å²) >= 11 is 0. The van der Waals surface area contributed by atoms with Gasteiger partial charge in [0, 0.05) is 12.1 Å². The molecule has 0 aliphatic rings. The second-order valence-electron chi connectivity index (χ2n) is 5.04. The summed E-state index contributed by atoms with van der Waals surface area (Å²) in [4.78, 5) is 4.39. The third-order valence-electron chi connectivity index (χ3n) is 1.19. The van der Waals surface area contributed by atoms with Gasteiger partial charge in [0.15, 0.2) is 0 Å². The van der Waals surface area contributed by atoms with E-state index in [1.807, 2.05) is 34.6 Å². The molecule has 0 saturated heterocycles. The second-order valence-corrected chi connectivity index (χ2v) is 5.04. The molecule has 0 unspecified atom stereocenters. The van der Waals surface area contributed by atoms with Crippen molar-refractivity contribution in [2.24, 2.45) is 4.99 Å². The van der Waals surface area contributed by atoms with Gasteiger partial charge in [-0.15, -0.1) is 12.4 Å². The van der Waals surface area contributed by atoms with Crippen LogP contribution in [0.5, 0.6) is 0 Å². The van der Waals surface area contributed by atoms with Crippen LogP contribution in [-0.2, 0) is 4.74 Å². The van der Waals surface area contributed by atoms with Gasteiger partial charge in [0.25, 0.3) is 6.02 Å². The number of ether oxygens (including phenoxy) is 1. The van der Waals surface area contributed by atoms with E-state index < -0.39 is 0 Å². The van der Waals surface area contributed by atoms with Crippen molar-refractivity contribution in [3.8, 4) is 0 Å². The fourth-order valence-corrected chi connectivity index (χ4v) is 0.865. The van der Waals surface area contributed by atoms with Crippen molar-refractivity contribution >= 4 is 18.4 Å². The highest BCUT2D eigenvalue weighted by molar-refractivity contribution is 5.85. The molecule has 0 aromatic carbocycles. The number of halogens is 1. The van der Waals surface area contributed by atoms with Crippen molar-refractivity contribution in [2.75, 3.05) is 0 Å². The number of rotatable bonds is 2. The fourth-order valence-electron chi connectivity index (χ4n) is 0.865. The van der Waals surface area contributed by atoms with E-state index in [1.165, 1.54) is 0 Å². The first-order chi connectivity index (χ1) is 6.20. The summed E-state index contributed by atoms with van der Waals surface area (Å²) in [7, 11) is 0. The van der Waals surface area contributed by atoms with Crippen molar-refractivity contribution in [1.29, 1.82) is 0 Å². The van der Waals surface area contributed by atoms with E-state index in [4.69, 9.17) is 4.74 Å². The van der Waals surface area contributed by atoms with Crippen LogP contribution < -0.4 is 5.32 Å². The van der Waals surface area contributed by atoms with Crippen LogP contribution in [0.25, 0.3) is 0 Å². The first-order valence-corrected chi connectivity index (χ1v) is 5.24. The van der Waals surface area contributed by atoms with Crippen molar-refractivity contribution < 1.29 is 4.74 Å². The van der Waals surface area contributed by atoms with Gasteiger partial charge < -0.3 is 10.1 Å². The third-order valence-corrected chi connectivity index (χ3v) is 1.19. The van der Waals surface area contributed by atoms with E-state index in [1.54, 1.807) is 0 Å². The lowest BCUT2D eigenvalue weighted by atomic mass is 10.2. The molecule has 0 rings (SSSR count). The average Bonchev–Trinajstić information content (AvgIpc) is 1.77. The van der Waals surface area contributed by atoms with Crippen molar-refractivity contribution in [1.82, 2.24) is 5.32 Å². The van der Waals surface area contributed by atoms with E-state index in [-0.39, 0.29) is 24.0 Å². The third kappa shape index (κ3) is 11.5. The van der Waals surface area contributed by atoms with E-state index in [2.05, 4.69) is 24.2 Å². The number of aliphatic imine (C=N–C) groups is 1. The van der Waals surface area contributed by atoms with Gasteiger partial charge in [0.1, 0.15) is 5.60 Å². The lowest BCUT2D eigenvalue weighted by Gasteiger charge is -2.24. The second kappa shape index (κ2) is 6.94. The van der Waals surface area contributed by atoms with Crippen molar-refractivity contribution in [2.45, 2.75) is 66.2 Å². The van der Waals surface area contributed by atoms with Crippen molar-refractivity contribution in [3.63, 3.8) is 0 Å². The Hall–Kier alpha value is -0.440. The van der Waals surface area contributed by atoms with Crippen LogP contribution in [0, 0.1) is 0 Å².